The molecule has 1 atom stereocenters. The molecular formula is C11H11NO4. The minimum atomic E-state index is -0.853. The topological polar surface area (TPSA) is 78.6 Å². The molecule has 1 aromatic rings. The summed E-state index contributed by atoms with van der Waals surface area (Å²) in [6.07, 6.45) is -0.526. The molecule has 84 valence electrons. The van der Waals surface area contributed by atoms with Crippen LogP contribution in [0.2, 0.25) is 0 Å². The van der Waals surface area contributed by atoms with E-state index in [4.69, 9.17) is 10.5 Å². The molecule has 1 aliphatic rings. The average Bonchev–Trinajstić information content (AvgIpc) is 2.28. The van der Waals surface area contributed by atoms with E-state index in [1.165, 1.54) is 7.11 Å². The zero-order valence-corrected chi connectivity index (χ0v) is 8.73. The molecule has 0 saturated carbocycles. The van der Waals surface area contributed by atoms with E-state index >= 15 is 0 Å². The van der Waals surface area contributed by atoms with Crippen LogP contribution in [0.3, 0.4) is 0 Å². The molecule has 1 aliphatic heterocycles. The summed E-state index contributed by atoms with van der Waals surface area (Å²) < 4.78 is 9.49. The van der Waals surface area contributed by atoms with Gasteiger partial charge in [-0.25, -0.2) is 9.59 Å². The summed E-state index contributed by atoms with van der Waals surface area (Å²) in [6.45, 7) is 0. The Bertz CT molecular complexity index is 455. The van der Waals surface area contributed by atoms with Gasteiger partial charge in [0.1, 0.15) is 0 Å². The average molecular weight is 221 g/mol. The van der Waals surface area contributed by atoms with Gasteiger partial charge in [0.25, 0.3) is 0 Å². The van der Waals surface area contributed by atoms with Gasteiger partial charge in [-0.05, 0) is 17.7 Å². The van der Waals surface area contributed by atoms with Gasteiger partial charge in [0.15, 0.2) is 0 Å². The first-order chi connectivity index (χ1) is 7.61. The van der Waals surface area contributed by atoms with E-state index in [0.717, 1.165) is 5.56 Å². The quantitative estimate of drug-likeness (QED) is 0.552. The lowest BCUT2D eigenvalue weighted by molar-refractivity contribution is -0.151. The Kier molecular flexibility index (Phi) is 2.52. The third kappa shape index (κ3) is 1.71. The highest BCUT2D eigenvalue weighted by Crippen LogP contribution is 2.23. The van der Waals surface area contributed by atoms with E-state index in [9.17, 15) is 9.59 Å². The van der Waals surface area contributed by atoms with Crippen LogP contribution in [-0.4, -0.2) is 25.2 Å². The van der Waals surface area contributed by atoms with Crippen molar-refractivity contribution in [3.8, 4) is 0 Å². The molecule has 0 aromatic heterocycles. The van der Waals surface area contributed by atoms with E-state index in [0.29, 0.717) is 17.7 Å². The van der Waals surface area contributed by atoms with Crippen molar-refractivity contribution < 1.29 is 19.1 Å². The molecule has 0 amide bonds. The first-order valence-electron chi connectivity index (χ1n) is 4.79. The van der Waals surface area contributed by atoms with Crippen LogP contribution >= 0.6 is 0 Å². The summed E-state index contributed by atoms with van der Waals surface area (Å²) in [6, 6.07) is 4.96. The smallest absolute Gasteiger partial charge is 0.347 e. The number of methoxy groups -OCH3 is 1. The zero-order valence-electron chi connectivity index (χ0n) is 8.73. The van der Waals surface area contributed by atoms with Gasteiger partial charge < -0.3 is 15.2 Å². The third-order valence-corrected chi connectivity index (χ3v) is 2.47. The molecule has 1 aromatic carbocycles. The largest absolute Gasteiger partial charge is 0.466 e. The van der Waals surface area contributed by atoms with Crippen molar-refractivity contribution >= 4 is 17.6 Å². The number of fused-ring (bicyclic) bond motifs is 1. The summed E-state index contributed by atoms with van der Waals surface area (Å²) in [5.74, 6) is -1.08. The second-order valence-corrected chi connectivity index (χ2v) is 3.54. The van der Waals surface area contributed by atoms with Crippen molar-refractivity contribution in [3.05, 3.63) is 29.3 Å². The van der Waals surface area contributed by atoms with Crippen LogP contribution in [0.1, 0.15) is 15.9 Å². The number of benzene rings is 1. The van der Waals surface area contributed by atoms with Crippen molar-refractivity contribution in [2.45, 2.75) is 12.5 Å². The van der Waals surface area contributed by atoms with Crippen molar-refractivity contribution in [2.24, 2.45) is 0 Å². The standard InChI is InChI=1S/C11H11NO4/c1-15-11(14)9-4-6-2-3-7(12)5-8(6)10(13)16-9/h2-3,5,9H,4,12H2,1H3/t9-/m0/s1. The number of anilines is 1. The van der Waals surface area contributed by atoms with Gasteiger partial charge in [-0.15, -0.1) is 0 Å². The predicted octanol–water partition coefficient (Wildman–Crippen LogP) is 0.523. The fourth-order valence-electron chi connectivity index (χ4n) is 1.66. The van der Waals surface area contributed by atoms with Crippen LogP contribution in [-0.2, 0) is 20.7 Å². The Morgan fingerprint density at radius 2 is 2.31 bits per heavy atom. The Labute approximate surface area is 92.1 Å². The molecule has 0 radical (unpaired) electrons. The number of hydrogen-bond donors (Lipinski definition) is 1. The van der Waals surface area contributed by atoms with Crippen LogP contribution in [0.4, 0.5) is 5.69 Å². The summed E-state index contributed by atoms with van der Waals surface area (Å²) in [4.78, 5) is 22.8. The van der Waals surface area contributed by atoms with Crippen molar-refractivity contribution in [2.75, 3.05) is 12.8 Å². The maximum absolute atomic E-state index is 11.6. The number of nitrogen functional groups attached to an aromatic ring is 1. The molecule has 0 unspecified atom stereocenters. The highest BCUT2D eigenvalue weighted by molar-refractivity contribution is 5.95. The molecule has 0 bridgehead atoms. The maximum Gasteiger partial charge on any atom is 0.347 e. The minimum absolute atomic E-state index is 0.327. The predicted molar refractivity (Wildman–Crippen MR) is 55.8 cm³/mol. The van der Waals surface area contributed by atoms with E-state index < -0.39 is 18.0 Å². The minimum Gasteiger partial charge on any atom is -0.466 e. The molecule has 0 saturated heterocycles. The number of hydrogen-bond acceptors (Lipinski definition) is 5. The second-order valence-electron chi connectivity index (χ2n) is 3.54. The number of carbonyl (C=O) groups is 2. The SMILES string of the molecule is COC(=O)[C@@H]1Cc2ccc(N)cc2C(=O)O1. The fourth-order valence-corrected chi connectivity index (χ4v) is 1.66. The van der Waals surface area contributed by atoms with Gasteiger partial charge in [-0.2, -0.15) is 0 Å². The monoisotopic (exact) mass is 221 g/mol. The van der Waals surface area contributed by atoms with E-state index in [1.807, 2.05) is 0 Å². The summed E-state index contributed by atoms with van der Waals surface area (Å²) in [7, 11) is 1.26. The number of carbonyl (C=O) groups excluding carboxylic acids is 2. The van der Waals surface area contributed by atoms with Gasteiger partial charge in [0.05, 0.1) is 12.7 Å². The summed E-state index contributed by atoms with van der Waals surface area (Å²) >= 11 is 0. The van der Waals surface area contributed by atoms with Crippen LogP contribution < -0.4 is 5.73 Å². The van der Waals surface area contributed by atoms with Crippen molar-refractivity contribution in [3.63, 3.8) is 0 Å². The maximum atomic E-state index is 11.6. The highest BCUT2D eigenvalue weighted by Gasteiger charge is 2.31. The van der Waals surface area contributed by atoms with Crippen molar-refractivity contribution in [1.29, 1.82) is 0 Å². The number of nitrogens with two attached hydrogens (primary N) is 1. The number of rotatable bonds is 1. The van der Waals surface area contributed by atoms with Gasteiger partial charge in [-0.3, -0.25) is 0 Å². The van der Waals surface area contributed by atoms with Gasteiger partial charge in [0, 0.05) is 12.1 Å². The van der Waals surface area contributed by atoms with Crippen molar-refractivity contribution in [1.82, 2.24) is 0 Å². The molecule has 1 heterocycles. The molecule has 0 spiro atoms. The van der Waals surface area contributed by atoms with E-state index in [1.54, 1.807) is 18.2 Å². The molecule has 5 nitrogen and oxygen atoms in total. The lowest BCUT2D eigenvalue weighted by Crippen LogP contribution is -2.35. The lowest BCUT2D eigenvalue weighted by Gasteiger charge is -2.22. The zero-order chi connectivity index (χ0) is 11.7. The van der Waals surface area contributed by atoms with Gasteiger partial charge >= 0.3 is 11.9 Å². The van der Waals surface area contributed by atoms with Crippen LogP contribution in [0, 0.1) is 0 Å². The van der Waals surface area contributed by atoms with Gasteiger partial charge in [0.2, 0.25) is 6.10 Å². The van der Waals surface area contributed by atoms with Crippen LogP contribution in [0.15, 0.2) is 18.2 Å². The van der Waals surface area contributed by atoms with Gasteiger partial charge in [-0.1, -0.05) is 6.07 Å². The molecule has 16 heavy (non-hydrogen) atoms. The Morgan fingerprint density at radius 1 is 1.56 bits per heavy atom. The third-order valence-electron chi connectivity index (χ3n) is 2.47. The Balaban J connectivity index is 2.33. The Hall–Kier alpha value is -2.04. The first kappa shape index (κ1) is 10.5. The first-order valence-corrected chi connectivity index (χ1v) is 4.79. The van der Waals surface area contributed by atoms with E-state index in [2.05, 4.69) is 4.74 Å². The molecule has 2 rings (SSSR count). The van der Waals surface area contributed by atoms with Crippen LogP contribution in [0.25, 0.3) is 0 Å². The molecule has 5 heteroatoms. The fraction of sp³-hybridized carbons (Fsp3) is 0.273. The molecule has 0 aliphatic carbocycles. The second kappa shape index (κ2) is 3.84. The Morgan fingerprint density at radius 3 is 3.00 bits per heavy atom. The lowest BCUT2D eigenvalue weighted by atomic mass is 9.98. The number of ether oxygens (including phenoxy) is 2. The van der Waals surface area contributed by atoms with Crippen LogP contribution in [0.5, 0.6) is 0 Å². The number of esters is 2. The normalized spacial score (nSPS) is 18.6. The molecule has 0 fully saturated rings. The summed E-state index contributed by atoms with van der Waals surface area (Å²) in [5, 5.41) is 0. The van der Waals surface area contributed by atoms with E-state index in [-0.39, 0.29) is 0 Å². The number of cyclic esters (lactones) is 1. The molecule has 2 N–H and O–H groups in total. The summed E-state index contributed by atoms with van der Waals surface area (Å²) in [5.41, 5.74) is 7.23. The molecular weight excluding hydrogens is 210 g/mol. The highest BCUT2D eigenvalue weighted by atomic mass is 16.6.